The SMILES string of the molecule is COc1cc(Br)ccc1C(=O)NC(C#N)C1CCCCC1. The van der Waals surface area contributed by atoms with Gasteiger partial charge < -0.3 is 10.1 Å². The fraction of sp³-hybridized carbons (Fsp3) is 0.500. The van der Waals surface area contributed by atoms with Gasteiger partial charge in [-0.3, -0.25) is 4.79 Å². The Labute approximate surface area is 133 Å². The van der Waals surface area contributed by atoms with Crippen LogP contribution in [0.5, 0.6) is 5.75 Å². The maximum absolute atomic E-state index is 12.4. The largest absolute Gasteiger partial charge is 0.496 e. The van der Waals surface area contributed by atoms with E-state index in [4.69, 9.17) is 4.74 Å². The van der Waals surface area contributed by atoms with Crippen molar-refractivity contribution in [3.05, 3.63) is 28.2 Å². The highest BCUT2D eigenvalue weighted by atomic mass is 79.9. The predicted octanol–water partition coefficient (Wildman–Crippen LogP) is 3.66. The Morgan fingerprint density at radius 3 is 2.76 bits per heavy atom. The van der Waals surface area contributed by atoms with Gasteiger partial charge in [-0.15, -0.1) is 0 Å². The van der Waals surface area contributed by atoms with Gasteiger partial charge >= 0.3 is 0 Å². The minimum absolute atomic E-state index is 0.253. The summed E-state index contributed by atoms with van der Waals surface area (Å²) in [5.74, 6) is 0.507. The fourth-order valence-electron chi connectivity index (χ4n) is 2.79. The molecule has 112 valence electrons. The van der Waals surface area contributed by atoms with Gasteiger partial charge in [0.15, 0.2) is 0 Å². The van der Waals surface area contributed by atoms with Gasteiger partial charge in [0.1, 0.15) is 11.8 Å². The third-order valence-corrected chi connectivity index (χ3v) is 4.45. The maximum Gasteiger partial charge on any atom is 0.256 e. The van der Waals surface area contributed by atoms with E-state index in [1.165, 1.54) is 13.5 Å². The molecule has 1 amide bonds. The summed E-state index contributed by atoms with van der Waals surface area (Å²) in [6.07, 6.45) is 5.52. The molecule has 0 aliphatic heterocycles. The molecule has 1 aromatic rings. The summed E-state index contributed by atoms with van der Waals surface area (Å²) >= 11 is 3.35. The van der Waals surface area contributed by atoms with E-state index < -0.39 is 6.04 Å². The van der Waals surface area contributed by atoms with Gasteiger partial charge in [-0.2, -0.15) is 5.26 Å². The smallest absolute Gasteiger partial charge is 0.256 e. The third-order valence-electron chi connectivity index (χ3n) is 3.96. The normalized spacial score (nSPS) is 16.8. The van der Waals surface area contributed by atoms with Crippen LogP contribution >= 0.6 is 15.9 Å². The number of carbonyl (C=O) groups excluding carboxylic acids is 1. The van der Waals surface area contributed by atoms with E-state index in [2.05, 4.69) is 27.3 Å². The van der Waals surface area contributed by atoms with Gasteiger partial charge in [0, 0.05) is 4.47 Å². The molecule has 0 aromatic heterocycles. The zero-order chi connectivity index (χ0) is 15.2. The summed E-state index contributed by atoms with van der Waals surface area (Å²) in [7, 11) is 1.53. The summed E-state index contributed by atoms with van der Waals surface area (Å²) in [5, 5.41) is 12.2. The lowest BCUT2D eigenvalue weighted by Gasteiger charge is -2.26. The molecule has 4 nitrogen and oxygen atoms in total. The number of nitriles is 1. The van der Waals surface area contributed by atoms with Crippen molar-refractivity contribution in [3.8, 4) is 11.8 Å². The van der Waals surface area contributed by atoms with Gasteiger partial charge in [-0.25, -0.2) is 0 Å². The number of methoxy groups -OCH3 is 1. The number of hydrogen-bond donors (Lipinski definition) is 1. The van der Waals surface area contributed by atoms with Gasteiger partial charge in [-0.05, 0) is 37.0 Å². The first-order chi connectivity index (χ1) is 10.2. The minimum Gasteiger partial charge on any atom is -0.496 e. The maximum atomic E-state index is 12.4. The molecule has 5 heteroatoms. The number of benzene rings is 1. The number of nitrogens with one attached hydrogen (secondary N) is 1. The Morgan fingerprint density at radius 2 is 2.14 bits per heavy atom. The number of carbonyl (C=O) groups is 1. The van der Waals surface area contributed by atoms with Crippen molar-refractivity contribution >= 4 is 21.8 Å². The van der Waals surface area contributed by atoms with Gasteiger partial charge in [0.2, 0.25) is 0 Å². The molecule has 1 aliphatic rings. The summed E-state index contributed by atoms with van der Waals surface area (Å²) in [4.78, 5) is 12.4. The molecule has 1 atom stereocenters. The van der Waals surface area contributed by atoms with Gasteiger partial charge in [-0.1, -0.05) is 35.2 Å². The van der Waals surface area contributed by atoms with Crippen molar-refractivity contribution in [2.24, 2.45) is 5.92 Å². The quantitative estimate of drug-likeness (QED) is 0.901. The highest BCUT2D eigenvalue weighted by molar-refractivity contribution is 9.10. The number of rotatable bonds is 4. The predicted molar refractivity (Wildman–Crippen MR) is 84.1 cm³/mol. The molecule has 1 unspecified atom stereocenters. The summed E-state index contributed by atoms with van der Waals surface area (Å²) < 4.78 is 6.08. The Kier molecular flexibility index (Phi) is 5.63. The summed E-state index contributed by atoms with van der Waals surface area (Å²) in [5.41, 5.74) is 0.455. The van der Waals surface area contributed by atoms with Crippen LogP contribution in [0, 0.1) is 17.2 Å². The molecule has 1 fully saturated rings. The van der Waals surface area contributed by atoms with Crippen molar-refractivity contribution in [2.45, 2.75) is 38.1 Å². The van der Waals surface area contributed by atoms with Crippen LogP contribution in [-0.4, -0.2) is 19.1 Å². The molecule has 0 radical (unpaired) electrons. The second-order valence-electron chi connectivity index (χ2n) is 5.32. The molecular formula is C16H19BrN2O2. The molecule has 1 saturated carbocycles. The monoisotopic (exact) mass is 350 g/mol. The second-order valence-corrected chi connectivity index (χ2v) is 6.24. The van der Waals surface area contributed by atoms with E-state index in [-0.39, 0.29) is 11.8 Å². The van der Waals surface area contributed by atoms with Crippen LogP contribution in [0.4, 0.5) is 0 Å². The Morgan fingerprint density at radius 1 is 1.43 bits per heavy atom. The van der Waals surface area contributed by atoms with Gasteiger partial charge in [0.25, 0.3) is 5.91 Å². The van der Waals surface area contributed by atoms with Crippen LogP contribution in [0.1, 0.15) is 42.5 Å². The average Bonchev–Trinajstić information content (AvgIpc) is 2.53. The lowest BCUT2D eigenvalue weighted by atomic mass is 9.84. The standard InChI is InChI=1S/C16H19BrN2O2/c1-21-15-9-12(17)7-8-13(15)16(20)19-14(10-18)11-5-3-2-4-6-11/h7-9,11,14H,2-6H2,1H3,(H,19,20). The van der Waals surface area contributed by atoms with Crippen molar-refractivity contribution < 1.29 is 9.53 Å². The van der Waals surface area contributed by atoms with Crippen LogP contribution in [0.2, 0.25) is 0 Å². The highest BCUT2D eigenvalue weighted by Gasteiger charge is 2.26. The van der Waals surface area contributed by atoms with Crippen LogP contribution in [0.3, 0.4) is 0 Å². The number of amides is 1. The fourth-order valence-corrected chi connectivity index (χ4v) is 3.13. The first-order valence-electron chi connectivity index (χ1n) is 7.19. The average molecular weight is 351 g/mol. The van der Waals surface area contributed by atoms with E-state index >= 15 is 0 Å². The van der Waals surface area contributed by atoms with E-state index in [9.17, 15) is 10.1 Å². The summed E-state index contributed by atoms with van der Waals surface area (Å²) in [6, 6.07) is 7.05. The van der Waals surface area contributed by atoms with Crippen molar-refractivity contribution in [1.29, 1.82) is 5.26 Å². The minimum atomic E-state index is -0.425. The van der Waals surface area contributed by atoms with Crippen molar-refractivity contribution in [2.75, 3.05) is 7.11 Å². The molecule has 1 aromatic carbocycles. The van der Waals surface area contributed by atoms with Crippen LogP contribution < -0.4 is 10.1 Å². The Bertz CT molecular complexity index is 548. The topological polar surface area (TPSA) is 62.1 Å². The number of ether oxygens (including phenoxy) is 1. The Balaban J connectivity index is 2.11. The molecular weight excluding hydrogens is 332 g/mol. The molecule has 1 aliphatic carbocycles. The van der Waals surface area contributed by atoms with E-state index in [0.29, 0.717) is 11.3 Å². The lowest BCUT2D eigenvalue weighted by Crippen LogP contribution is -2.40. The van der Waals surface area contributed by atoms with E-state index in [1.54, 1.807) is 18.2 Å². The molecule has 2 rings (SSSR count). The van der Waals surface area contributed by atoms with Crippen LogP contribution in [0.25, 0.3) is 0 Å². The highest BCUT2D eigenvalue weighted by Crippen LogP contribution is 2.27. The first-order valence-corrected chi connectivity index (χ1v) is 7.99. The van der Waals surface area contributed by atoms with Crippen LogP contribution in [-0.2, 0) is 0 Å². The summed E-state index contributed by atoms with van der Waals surface area (Å²) in [6.45, 7) is 0. The molecule has 0 bridgehead atoms. The van der Waals surface area contributed by atoms with E-state index in [0.717, 1.165) is 30.2 Å². The van der Waals surface area contributed by atoms with Crippen molar-refractivity contribution in [3.63, 3.8) is 0 Å². The van der Waals surface area contributed by atoms with Crippen LogP contribution in [0.15, 0.2) is 22.7 Å². The number of halogens is 1. The molecule has 1 N–H and O–H groups in total. The Hall–Kier alpha value is -1.54. The van der Waals surface area contributed by atoms with E-state index in [1.807, 2.05) is 0 Å². The number of nitrogens with zero attached hydrogens (tertiary/aromatic N) is 1. The molecule has 0 heterocycles. The first kappa shape index (κ1) is 15.8. The number of hydrogen-bond acceptors (Lipinski definition) is 3. The zero-order valence-corrected chi connectivity index (χ0v) is 13.6. The van der Waals surface area contributed by atoms with Crippen molar-refractivity contribution in [1.82, 2.24) is 5.32 Å². The third kappa shape index (κ3) is 3.98. The lowest BCUT2D eigenvalue weighted by molar-refractivity contribution is 0.0926. The van der Waals surface area contributed by atoms with Gasteiger partial charge in [0.05, 0.1) is 18.7 Å². The molecule has 0 spiro atoms. The molecule has 0 saturated heterocycles. The second kappa shape index (κ2) is 7.46. The zero-order valence-electron chi connectivity index (χ0n) is 12.1. The molecule has 21 heavy (non-hydrogen) atoms.